The molecular formula is C21H32N2O4. The fourth-order valence-corrected chi connectivity index (χ4v) is 2.60. The average Bonchev–Trinajstić information content (AvgIpc) is 2.60. The van der Waals surface area contributed by atoms with Crippen LogP contribution in [0.25, 0.3) is 0 Å². The first-order valence-electron chi connectivity index (χ1n) is 9.45. The Morgan fingerprint density at radius 2 is 1.70 bits per heavy atom. The smallest absolute Gasteiger partial charge is 0.307 e. The lowest BCUT2D eigenvalue weighted by Crippen LogP contribution is -2.36. The predicted octanol–water partition coefficient (Wildman–Crippen LogP) is 2.91. The van der Waals surface area contributed by atoms with Gasteiger partial charge < -0.3 is 15.0 Å². The molecular weight excluding hydrogens is 344 g/mol. The van der Waals surface area contributed by atoms with Crippen molar-refractivity contribution in [2.45, 2.75) is 52.9 Å². The Balaban J connectivity index is 2.80. The van der Waals surface area contributed by atoms with Crippen molar-refractivity contribution < 1.29 is 19.1 Å². The molecule has 0 radical (unpaired) electrons. The first-order chi connectivity index (χ1) is 12.6. The molecule has 0 saturated carbocycles. The zero-order chi connectivity index (χ0) is 20.4. The van der Waals surface area contributed by atoms with E-state index in [0.717, 1.165) is 5.56 Å². The highest BCUT2D eigenvalue weighted by Gasteiger charge is 2.19. The van der Waals surface area contributed by atoms with Gasteiger partial charge in [-0.05, 0) is 36.5 Å². The summed E-state index contributed by atoms with van der Waals surface area (Å²) in [7, 11) is 0. The lowest BCUT2D eigenvalue weighted by atomic mass is 9.86. The van der Waals surface area contributed by atoms with E-state index in [0.29, 0.717) is 38.2 Å². The molecule has 1 N–H and O–H groups in total. The molecule has 1 aromatic carbocycles. The largest absolute Gasteiger partial charge is 0.466 e. The molecule has 1 aromatic rings. The van der Waals surface area contributed by atoms with E-state index < -0.39 is 0 Å². The normalized spacial score (nSPS) is 11.0. The van der Waals surface area contributed by atoms with Crippen molar-refractivity contribution in [3.63, 3.8) is 0 Å². The minimum atomic E-state index is -0.319. The zero-order valence-corrected chi connectivity index (χ0v) is 17.1. The highest BCUT2D eigenvalue weighted by molar-refractivity contribution is 5.94. The molecule has 1 rings (SSSR count). The van der Waals surface area contributed by atoms with Gasteiger partial charge in [0.15, 0.2) is 0 Å². The summed E-state index contributed by atoms with van der Waals surface area (Å²) in [6.45, 7) is 11.1. The Morgan fingerprint density at radius 1 is 1.07 bits per heavy atom. The van der Waals surface area contributed by atoms with E-state index in [4.69, 9.17) is 4.74 Å². The van der Waals surface area contributed by atoms with Gasteiger partial charge in [0, 0.05) is 32.1 Å². The van der Waals surface area contributed by atoms with Crippen LogP contribution in [0.15, 0.2) is 24.3 Å². The summed E-state index contributed by atoms with van der Waals surface area (Å²) in [5.41, 5.74) is 1.76. The minimum absolute atomic E-state index is 0.0174. The number of esters is 1. The Morgan fingerprint density at radius 3 is 2.22 bits per heavy atom. The number of hydrogen-bond acceptors (Lipinski definition) is 4. The van der Waals surface area contributed by atoms with Crippen LogP contribution < -0.4 is 5.32 Å². The highest BCUT2D eigenvalue weighted by atomic mass is 16.5. The summed E-state index contributed by atoms with van der Waals surface area (Å²) in [5, 5.41) is 2.72. The quantitative estimate of drug-likeness (QED) is 0.531. The maximum atomic E-state index is 12.9. The predicted molar refractivity (Wildman–Crippen MR) is 106 cm³/mol. The van der Waals surface area contributed by atoms with Crippen LogP contribution >= 0.6 is 0 Å². The van der Waals surface area contributed by atoms with Gasteiger partial charge in [-0.15, -0.1) is 0 Å². The van der Waals surface area contributed by atoms with Crippen molar-refractivity contribution in [1.29, 1.82) is 0 Å². The van der Waals surface area contributed by atoms with Crippen LogP contribution in [0.2, 0.25) is 0 Å². The van der Waals surface area contributed by atoms with Gasteiger partial charge in [0.2, 0.25) is 5.91 Å². The third kappa shape index (κ3) is 8.24. The van der Waals surface area contributed by atoms with Crippen LogP contribution in [0.3, 0.4) is 0 Å². The third-order valence-electron chi connectivity index (χ3n) is 4.16. The van der Waals surface area contributed by atoms with Crippen molar-refractivity contribution in [2.75, 3.05) is 26.2 Å². The number of carbonyl (C=O) groups excluding carboxylic acids is 3. The van der Waals surface area contributed by atoms with Crippen molar-refractivity contribution in [1.82, 2.24) is 10.2 Å². The van der Waals surface area contributed by atoms with Crippen LogP contribution in [-0.2, 0) is 19.7 Å². The van der Waals surface area contributed by atoms with Gasteiger partial charge in [-0.3, -0.25) is 14.4 Å². The number of nitrogens with zero attached hydrogens (tertiary/aromatic N) is 1. The van der Waals surface area contributed by atoms with Crippen molar-refractivity contribution in [3.8, 4) is 0 Å². The van der Waals surface area contributed by atoms with Gasteiger partial charge in [-0.1, -0.05) is 32.9 Å². The third-order valence-corrected chi connectivity index (χ3v) is 4.16. The topological polar surface area (TPSA) is 75.7 Å². The minimum Gasteiger partial charge on any atom is -0.466 e. The van der Waals surface area contributed by atoms with E-state index in [1.807, 2.05) is 24.3 Å². The maximum absolute atomic E-state index is 12.9. The molecule has 0 aliphatic heterocycles. The van der Waals surface area contributed by atoms with E-state index in [1.54, 1.807) is 11.8 Å². The second kappa shape index (κ2) is 10.7. The number of ether oxygens (including phenoxy) is 1. The molecule has 0 spiro atoms. The van der Waals surface area contributed by atoms with Gasteiger partial charge in [0.05, 0.1) is 13.0 Å². The zero-order valence-electron chi connectivity index (χ0n) is 17.1. The molecule has 0 aliphatic carbocycles. The van der Waals surface area contributed by atoms with E-state index in [9.17, 15) is 14.4 Å². The number of hydrogen-bond donors (Lipinski definition) is 1. The molecule has 0 bridgehead atoms. The lowest BCUT2D eigenvalue weighted by Gasteiger charge is -2.24. The van der Waals surface area contributed by atoms with Crippen molar-refractivity contribution >= 4 is 17.8 Å². The maximum Gasteiger partial charge on any atom is 0.307 e. The Hall–Kier alpha value is -2.37. The first kappa shape index (κ1) is 22.7. The Bertz CT molecular complexity index is 633. The van der Waals surface area contributed by atoms with Crippen molar-refractivity contribution in [2.24, 2.45) is 0 Å². The molecule has 0 heterocycles. The Labute approximate surface area is 162 Å². The van der Waals surface area contributed by atoms with Crippen LogP contribution in [0.4, 0.5) is 0 Å². The van der Waals surface area contributed by atoms with Crippen LogP contribution in [0, 0.1) is 0 Å². The number of benzene rings is 1. The second-order valence-electron chi connectivity index (χ2n) is 7.51. The summed E-state index contributed by atoms with van der Waals surface area (Å²) in [6, 6.07) is 7.59. The SMILES string of the molecule is CCOC(=O)CCN(CCCNC(C)=O)C(=O)c1ccc(C(C)(C)C)cc1. The summed E-state index contributed by atoms with van der Waals surface area (Å²) in [4.78, 5) is 37.2. The summed E-state index contributed by atoms with van der Waals surface area (Å²) >= 11 is 0. The first-order valence-corrected chi connectivity index (χ1v) is 9.45. The molecule has 27 heavy (non-hydrogen) atoms. The molecule has 0 atom stereocenters. The molecule has 0 aliphatic rings. The molecule has 0 aromatic heterocycles. The number of carbonyl (C=O) groups is 3. The van der Waals surface area contributed by atoms with Gasteiger partial charge in [-0.2, -0.15) is 0 Å². The average molecular weight is 376 g/mol. The van der Waals surface area contributed by atoms with E-state index in [1.165, 1.54) is 6.92 Å². The van der Waals surface area contributed by atoms with Crippen LogP contribution in [0.1, 0.15) is 63.4 Å². The van der Waals surface area contributed by atoms with Crippen LogP contribution in [0.5, 0.6) is 0 Å². The molecule has 0 unspecified atom stereocenters. The number of nitrogens with one attached hydrogen (secondary N) is 1. The standard InChI is InChI=1S/C21H32N2O4/c1-6-27-19(25)12-15-23(14-7-13-22-16(2)24)20(26)17-8-10-18(11-9-17)21(3,4)5/h8-11H,6-7,12-15H2,1-5H3,(H,22,24). The molecule has 0 saturated heterocycles. The monoisotopic (exact) mass is 376 g/mol. The lowest BCUT2D eigenvalue weighted by molar-refractivity contribution is -0.143. The molecule has 6 heteroatoms. The summed E-state index contributed by atoms with van der Waals surface area (Å²) in [5.74, 6) is -0.542. The molecule has 6 nitrogen and oxygen atoms in total. The fraction of sp³-hybridized carbons (Fsp3) is 0.571. The summed E-state index contributed by atoms with van der Waals surface area (Å²) in [6.07, 6.45) is 0.772. The molecule has 2 amide bonds. The van der Waals surface area contributed by atoms with Crippen molar-refractivity contribution in [3.05, 3.63) is 35.4 Å². The van der Waals surface area contributed by atoms with Gasteiger partial charge in [0.25, 0.3) is 5.91 Å². The van der Waals surface area contributed by atoms with Gasteiger partial charge in [0.1, 0.15) is 0 Å². The Kier molecular flexibility index (Phi) is 8.98. The second-order valence-corrected chi connectivity index (χ2v) is 7.51. The van der Waals surface area contributed by atoms with E-state index in [-0.39, 0.29) is 29.6 Å². The highest BCUT2D eigenvalue weighted by Crippen LogP contribution is 2.22. The van der Waals surface area contributed by atoms with E-state index >= 15 is 0 Å². The van der Waals surface area contributed by atoms with Crippen LogP contribution in [-0.4, -0.2) is 48.9 Å². The molecule has 0 fully saturated rings. The fourth-order valence-electron chi connectivity index (χ4n) is 2.60. The van der Waals surface area contributed by atoms with E-state index in [2.05, 4.69) is 26.1 Å². The number of rotatable bonds is 9. The summed E-state index contributed by atoms with van der Waals surface area (Å²) < 4.78 is 4.95. The number of amides is 2. The van der Waals surface area contributed by atoms with Gasteiger partial charge >= 0.3 is 5.97 Å². The van der Waals surface area contributed by atoms with Gasteiger partial charge in [-0.25, -0.2) is 0 Å². The molecule has 150 valence electrons.